The third-order valence-corrected chi connectivity index (χ3v) is 3.63. The van der Waals surface area contributed by atoms with Gasteiger partial charge in [-0.3, -0.25) is 4.98 Å². The predicted octanol–water partition coefficient (Wildman–Crippen LogP) is 2.12. The van der Waals surface area contributed by atoms with Crippen LogP contribution < -0.4 is 5.32 Å². The van der Waals surface area contributed by atoms with Crippen molar-refractivity contribution in [2.45, 2.75) is 32.2 Å². The largest absolute Gasteiger partial charge is 0.338 e. The summed E-state index contributed by atoms with van der Waals surface area (Å²) in [4.78, 5) is 8.52. The first-order valence-corrected chi connectivity index (χ1v) is 6.77. The molecule has 1 fully saturated rings. The maximum absolute atomic E-state index is 5.41. The number of aromatic nitrogens is 3. The number of pyridine rings is 1. The van der Waals surface area contributed by atoms with Crippen LogP contribution in [-0.4, -0.2) is 21.7 Å². The zero-order valence-electron chi connectivity index (χ0n) is 11.0. The molecule has 3 heterocycles. The topological polar surface area (TPSA) is 63.8 Å². The van der Waals surface area contributed by atoms with E-state index in [1.54, 1.807) is 12.4 Å². The highest BCUT2D eigenvalue weighted by molar-refractivity contribution is 5.15. The van der Waals surface area contributed by atoms with Gasteiger partial charge in [-0.25, -0.2) is 0 Å². The van der Waals surface area contributed by atoms with E-state index < -0.39 is 0 Å². The van der Waals surface area contributed by atoms with Gasteiger partial charge >= 0.3 is 0 Å². The Morgan fingerprint density at radius 1 is 1.37 bits per heavy atom. The van der Waals surface area contributed by atoms with E-state index in [1.807, 2.05) is 12.1 Å². The van der Waals surface area contributed by atoms with Crippen molar-refractivity contribution in [2.24, 2.45) is 5.92 Å². The Hall–Kier alpha value is -1.75. The van der Waals surface area contributed by atoms with Crippen molar-refractivity contribution in [2.75, 3.05) is 6.54 Å². The molecule has 0 radical (unpaired) electrons. The molecule has 1 aliphatic rings. The standard InChI is InChI=1S/C14H18N4O/c1-10-3-2-6-16-13(10)14-17-12(18-19-14)9-11-4-7-15-8-5-11/h4-5,7-8,10,13,16H,2-3,6,9H2,1H3. The van der Waals surface area contributed by atoms with Gasteiger partial charge in [0.25, 0.3) is 0 Å². The first-order valence-electron chi connectivity index (χ1n) is 6.77. The fourth-order valence-electron chi connectivity index (χ4n) is 2.53. The van der Waals surface area contributed by atoms with Crippen LogP contribution in [0.5, 0.6) is 0 Å². The van der Waals surface area contributed by atoms with Crippen LogP contribution in [0.3, 0.4) is 0 Å². The van der Waals surface area contributed by atoms with Gasteiger partial charge in [0.1, 0.15) is 0 Å². The Morgan fingerprint density at radius 3 is 3.00 bits per heavy atom. The van der Waals surface area contributed by atoms with Crippen molar-refractivity contribution in [3.8, 4) is 0 Å². The summed E-state index contributed by atoms with van der Waals surface area (Å²) >= 11 is 0. The lowest BCUT2D eigenvalue weighted by atomic mass is 9.93. The number of hydrogen-bond acceptors (Lipinski definition) is 5. The normalized spacial score (nSPS) is 23.4. The molecule has 0 bridgehead atoms. The summed E-state index contributed by atoms with van der Waals surface area (Å²) in [6, 6.07) is 4.14. The second-order valence-corrected chi connectivity index (χ2v) is 5.13. The minimum absolute atomic E-state index is 0.201. The molecule has 0 saturated carbocycles. The summed E-state index contributed by atoms with van der Waals surface area (Å²) in [5.41, 5.74) is 1.15. The summed E-state index contributed by atoms with van der Waals surface area (Å²) in [5.74, 6) is 2.00. The first-order chi connectivity index (χ1) is 9.33. The molecule has 19 heavy (non-hydrogen) atoms. The smallest absolute Gasteiger partial charge is 0.244 e. The number of nitrogens with one attached hydrogen (secondary N) is 1. The second-order valence-electron chi connectivity index (χ2n) is 5.13. The molecule has 2 aromatic heterocycles. The Bertz CT molecular complexity index is 525. The highest BCUT2D eigenvalue weighted by atomic mass is 16.5. The SMILES string of the molecule is CC1CCCNC1c1nc(Cc2ccncc2)no1. The number of hydrogen-bond donors (Lipinski definition) is 1. The van der Waals surface area contributed by atoms with E-state index in [-0.39, 0.29) is 6.04 Å². The van der Waals surface area contributed by atoms with Crippen LogP contribution in [0, 0.1) is 5.92 Å². The van der Waals surface area contributed by atoms with Crippen molar-refractivity contribution in [1.29, 1.82) is 0 Å². The highest BCUT2D eigenvalue weighted by Crippen LogP contribution is 2.27. The van der Waals surface area contributed by atoms with Gasteiger partial charge in [0.05, 0.1) is 6.04 Å². The van der Waals surface area contributed by atoms with Gasteiger partial charge in [-0.15, -0.1) is 0 Å². The van der Waals surface area contributed by atoms with Gasteiger partial charge in [0.15, 0.2) is 5.82 Å². The molecule has 0 aliphatic carbocycles. The van der Waals surface area contributed by atoms with Gasteiger partial charge in [-0.1, -0.05) is 12.1 Å². The lowest BCUT2D eigenvalue weighted by Crippen LogP contribution is -2.33. The van der Waals surface area contributed by atoms with Crippen LogP contribution in [0.25, 0.3) is 0 Å². The lowest BCUT2D eigenvalue weighted by Gasteiger charge is -2.26. The molecule has 0 spiro atoms. The van der Waals surface area contributed by atoms with E-state index in [0.717, 1.165) is 23.8 Å². The van der Waals surface area contributed by atoms with Crippen molar-refractivity contribution < 1.29 is 4.52 Å². The predicted molar refractivity (Wildman–Crippen MR) is 70.5 cm³/mol. The van der Waals surface area contributed by atoms with Gasteiger partial charge in [-0.2, -0.15) is 4.98 Å². The van der Waals surface area contributed by atoms with Crippen LogP contribution in [0.4, 0.5) is 0 Å². The third-order valence-electron chi connectivity index (χ3n) is 3.63. The monoisotopic (exact) mass is 258 g/mol. The Kier molecular flexibility index (Phi) is 3.55. The molecule has 100 valence electrons. The average Bonchev–Trinajstić information content (AvgIpc) is 2.89. The fourth-order valence-corrected chi connectivity index (χ4v) is 2.53. The summed E-state index contributed by atoms with van der Waals surface area (Å²) in [5, 5.41) is 7.53. The number of nitrogens with zero attached hydrogens (tertiary/aromatic N) is 3. The molecule has 0 amide bonds. The van der Waals surface area contributed by atoms with E-state index in [2.05, 4.69) is 27.4 Å². The maximum Gasteiger partial charge on any atom is 0.244 e. The summed E-state index contributed by atoms with van der Waals surface area (Å²) in [6.07, 6.45) is 6.67. The molecule has 1 saturated heterocycles. The van der Waals surface area contributed by atoms with Gasteiger partial charge in [0, 0.05) is 18.8 Å². The van der Waals surface area contributed by atoms with E-state index in [9.17, 15) is 0 Å². The highest BCUT2D eigenvalue weighted by Gasteiger charge is 2.27. The van der Waals surface area contributed by atoms with Gasteiger partial charge in [-0.05, 0) is 43.0 Å². The van der Waals surface area contributed by atoms with Crippen LogP contribution in [-0.2, 0) is 6.42 Å². The molecule has 5 heteroatoms. The zero-order chi connectivity index (χ0) is 13.1. The minimum atomic E-state index is 0.201. The van der Waals surface area contributed by atoms with Crippen LogP contribution in [0.15, 0.2) is 29.0 Å². The van der Waals surface area contributed by atoms with Crippen LogP contribution in [0.2, 0.25) is 0 Å². The molecular formula is C14H18N4O. The molecule has 3 rings (SSSR count). The molecule has 2 atom stereocenters. The van der Waals surface area contributed by atoms with Crippen LogP contribution in [0.1, 0.15) is 43.1 Å². The van der Waals surface area contributed by atoms with Crippen molar-refractivity contribution in [3.05, 3.63) is 41.8 Å². The molecular weight excluding hydrogens is 240 g/mol. The summed E-state index contributed by atoms with van der Waals surface area (Å²) in [6.45, 7) is 3.25. The lowest BCUT2D eigenvalue weighted by molar-refractivity contribution is 0.239. The molecule has 2 aromatic rings. The Labute approximate surface area is 112 Å². The summed E-state index contributed by atoms with van der Waals surface area (Å²) in [7, 11) is 0. The average molecular weight is 258 g/mol. The molecule has 1 N–H and O–H groups in total. The maximum atomic E-state index is 5.41. The van der Waals surface area contributed by atoms with Crippen molar-refractivity contribution >= 4 is 0 Å². The molecule has 1 aliphatic heterocycles. The Balaban J connectivity index is 1.72. The zero-order valence-corrected chi connectivity index (χ0v) is 11.0. The Morgan fingerprint density at radius 2 is 2.21 bits per heavy atom. The first kappa shape index (κ1) is 12.3. The van der Waals surface area contributed by atoms with E-state index in [0.29, 0.717) is 12.3 Å². The van der Waals surface area contributed by atoms with Crippen molar-refractivity contribution in [3.63, 3.8) is 0 Å². The quantitative estimate of drug-likeness (QED) is 0.913. The van der Waals surface area contributed by atoms with Gasteiger partial charge < -0.3 is 9.84 Å². The van der Waals surface area contributed by atoms with E-state index >= 15 is 0 Å². The van der Waals surface area contributed by atoms with Crippen LogP contribution >= 0.6 is 0 Å². The summed E-state index contributed by atoms with van der Waals surface area (Å²) < 4.78 is 5.41. The van der Waals surface area contributed by atoms with Gasteiger partial charge in [0.2, 0.25) is 5.89 Å². The third kappa shape index (κ3) is 2.81. The van der Waals surface area contributed by atoms with E-state index in [4.69, 9.17) is 4.52 Å². The van der Waals surface area contributed by atoms with Crippen molar-refractivity contribution in [1.82, 2.24) is 20.4 Å². The van der Waals surface area contributed by atoms with E-state index in [1.165, 1.54) is 12.8 Å². The fraction of sp³-hybridized carbons (Fsp3) is 0.500. The number of piperidine rings is 1. The molecule has 2 unspecified atom stereocenters. The molecule has 0 aromatic carbocycles. The number of rotatable bonds is 3. The second kappa shape index (κ2) is 5.48. The minimum Gasteiger partial charge on any atom is -0.338 e. The molecule has 5 nitrogen and oxygen atoms in total.